The molecule has 0 bridgehead atoms. The lowest BCUT2D eigenvalue weighted by Crippen LogP contribution is -2.18. The van der Waals surface area contributed by atoms with Gasteiger partial charge in [0.1, 0.15) is 0 Å². The quantitative estimate of drug-likeness (QED) is 0.902. The number of aromatic nitrogens is 1. The van der Waals surface area contributed by atoms with E-state index in [1.807, 2.05) is 37.5 Å². The van der Waals surface area contributed by atoms with E-state index in [-0.39, 0.29) is 0 Å². The maximum Gasteiger partial charge on any atom is 0.0438 e. The number of rotatable bonds is 4. The Morgan fingerprint density at radius 3 is 2.61 bits per heavy atom. The van der Waals surface area contributed by atoms with Crippen LogP contribution in [0.25, 0.3) is 0 Å². The normalized spacial score (nSPS) is 12.4. The first-order valence-corrected chi connectivity index (χ1v) is 6.43. The zero-order valence-corrected chi connectivity index (χ0v) is 11.4. The fourth-order valence-corrected chi connectivity index (χ4v) is 1.99. The van der Waals surface area contributed by atoms with Gasteiger partial charge in [-0.2, -0.15) is 0 Å². The molecule has 0 radical (unpaired) electrons. The van der Waals surface area contributed by atoms with Gasteiger partial charge in [0.05, 0.1) is 0 Å². The van der Waals surface area contributed by atoms with Crippen molar-refractivity contribution < 1.29 is 0 Å². The largest absolute Gasteiger partial charge is 0.306 e. The third-order valence-electron chi connectivity index (χ3n) is 3.05. The first kappa shape index (κ1) is 13.1. The van der Waals surface area contributed by atoms with Crippen LogP contribution in [-0.2, 0) is 6.54 Å². The van der Waals surface area contributed by atoms with Crippen molar-refractivity contribution >= 4 is 11.6 Å². The third kappa shape index (κ3) is 3.31. The minimum absolute atomic E-state index is 0.299. The molecule has 0 fully saturated rings. The number of halogens is 1. The molecular formula is C15H17ClN2. The summed E-state index contributed by atoms with van der Waals surface area (Å²) >= 11 is 6.11. The zero-order chi connectivity index (χ0) is 13.0. The van der Waals surface area contributed by atoms with E-state index >= 15 is 0 Å². The van der Waals surface area contributed by atoms with E-state index < -0.39 is 0 Å². The van der Waals surface area contributed by atoms with Crippen molar-refractivity contribution in [3.8, 4) is 0 Å². The monoisotopic (exact) mass is 260 g/mol. The topological polar surface area (TPSA) is 24.9 Å². The number of aryl methyl sites for hydroxylation is 1. The van der Waals surface area contributed by atoms with Crippen molar-refractivity contribution in [2.24, 2.45) is 0 Å². The average Bonchev–Trinajstić information content (AvgIpc) is 2.41. The van der Waals surface area contributed by atoms with E-state index in [2.05, 4.69) is 29.4 Å². The van der Waals surface area contributed by atoms with Gasteiger partial charge in [-0.15, -0.1) is 0 Å². The molecule has 1 N–H and O–H groups in total. The van der Waals surface area contributed by atoms with Gasteiger partial charge in [0.2, 0.25) is 0 Å². The third-order valence-corrected chi connectivity index (χ3v) is 3.46. The highest BCUT2D eigenvalue weighted by Gasteiger charge is 2.04. The Hall–Kier alpha value is -1.38. The van der Waals surface area contributed by atoms with E-state index in [0.29, 0.717) is 6.04 Å². The summed E-state index contributed by atoms with van der Waals surface area (Å²) in [6.45, 7) is 4.97. The molecule has 0 saturated carbocycles. The SMILES string of the molecule is Cc1ccc(CNC(C)c2ccncc2)cc1Cl. The Bertz CT molecular complexity index is 511. The van der Waals surface area contributed by atoms with Crippen molar-refractivity contribution in [2.75, 3.05) is 0 Å². The molecule has 1 aromatic carbocycles. The fraction of sp³-hybridized carbons (Fsp3) is 0.267. The Labute approximate surface area is 113 Å². The maximum atomic E-state index is 6.11. The number of nitrogens with one attached hydrogen (secondary N) is 1. The number of benzene rings is 1. The highest BCUT2D eigenvalue weighted by atomic mass is 35.5. The molecule has 0 aliphatic carbocycles. The lowest BCUT2D eigenvalue weighted by atomic mass is 10.1. The lowest BCUT2D eigenvalue weighted by Gasteiger charge is -2.14. The Kier molecular flexibility index (Phi) is 4.34. The Morgan fingerprint density at radius 2 is 1.94 bits per heavy atom. The van der Waals surface area contributed by atoms with E-state index in [9.17, 15) is 0 Å². The number of nitrogens with zero attached hydrogens (tertiary/aromatic N) is 1. The average molecular weight is 261 g/mol. The van der Waals surface area contributed by atoms with E-state index in [0.717, 1.165) is 17.1 Å². The van der Waals surface area contributed by atoms with Crippen molar-refractivity contribution in [1.82, 2.24) is 10.3 Å². The predicted molar refractivity (Wildman–Crippen MR) is 75.7 cm³/mol. The van der Waals surface area contributed by atoms with Gasteiger partial charge in [0.15, 0.2) is 0 Å². The first-order valence-electron chi connectivity index (χ1n) is 6.05. The highest BCUT2D eigenvalue weighted by Crippen LogP contribution is 2.17. The van der Waals surface area contributed by atoms with Crippen LogP contribution >= 0.6 is 11.6 Å². The van der Waals surface area contributed by atoms with Crippen molar-refractivity contribution in [1.29, 1.82) is 0 Å². The predicted octanol–water partition coefficient (Wildman–Crippen LogP) is 3.89. The molecule has 0 amide bonds. The molecule has 2 nitrogen and oxygen atoms in total. The second-order valence-corrected chi connectivity index (χ2v) is 4.87. The number of hydrogen-bond donors (Lipinski definition) is 1. The van der Waals surface area contributed by atoms with Gasteiger partial charge in [0, 0.05) is 30.0 Å². The van der Waals surface area contributed by atoms with Crippen LogP contribution in [0.1, 0.15) is 29.7 Å². The number of pyridine rings is 1. The molecule has 1 aromatic heterocycles. The standard InChI is InChI=1S/C15H17ClN2/c1-11-3-4-13(9-15(11)16)10-18-12(2)14-5-7-17-8-6-14/h3-9,12,18H,10H2,1-2H3. The summed E-state index contributed by atoms with van der Waals surface area (Å²) < 4.78 is 0. The van der Waals surface area contributed by atoms with Crippen LogP contribution in [0.2, 0.25) is 5.02 Å². The van der Waals surface area contributed by atoms with Crippen LogP contribution in [0.4, 0.5) is 0 Å². The summed E-state index contributed by atoms with van der Waals surface area (Å²) in [7, 11) is 0. The molecule has 94 valence electrons. The molecule has 1 unspecified atom stereocenters. The zero-order valence-electron chi connectivity index (χ0n) is 10.7. The van der Waals surface area contributed by atoms with Gasteiger partial charge < -0.3 is 5.32 Å². The molecule has 0 aliphatic heterocycles. The molecule has 18 heavy (non-hydrogen) atoms. The summed E-state index contributed by atoms with van der Waals surface area (Å²) in [5.41, 5.74) is 3.55. The van der Waals surface area contributed by atoms with Gasteiger partial charge in [-0.3, -0.25) is 4.98 Å². The van der Waals surface area contributed by atoms with E-state index in [1.54, 1.807) is 0 Å². The molecule has 0 aliphatic rings. The van der Waals surface area contributed by atoms with Gasteiger partial charge in [0.25, 0.3) is 0 Å². The molecule has 3 heteroatoms. The molecule has 0 spiro atoms. The van der Waals surface area contributed by atoms with E-state index in [4.69, 9.17) is 11.6 Å². The minimum atomic E-state index is 0.299. The van der Waals surface area contributed by atoms with Gasteiger partial charge >= 0.3 is 0 Å². The molecule has 0 saturated heterocycles. The van der Waals surface area contributed by atoms with Crippen LogP contribution in [0.15, 0.2) is 42.7 Å². The smallest absolute Gasteiger partial charge is 0.0438 e. The molecule has 2 rings (SSSR count). The maximum absolute atomic E-state index is 6.11. The number of hydrogen-bond acceptors (Lipinski definition) is 2. The minimum Gasteiger partial charge on any atom is -0.306 e. The molecular weight excluding hydrogens is 244 g/mol. The van der Waals surface area contributed by atoms with Gasteiger partial charge in [-0.1, -0.05) is 23.7 Å². The summed E-state index contributed by atoms with van der Waals surface area (Å²) in [6, 6.07) is 10.5. The van der Waals surface area contributed by atoms with Crippen LogP contribution in [0.3, 0.4) is 0 Å². The van der Waals surface area contributed by atoms with Crippen LogP contribution in [0.5, 0.6) is 0 Å². The molecule has 2 aromatic rings. The summed E-state index contributed by atoms with van der Waals surface area (Å²) in [5.74, 6) is 0. The molecule has 1 heterocycles. The summed E-state index contributed by atoms with van der Waals surface area (Å²) in [5, 5.41) is 4.30. The Morgan fingerprint density at radius 1 is 1.22 bits per heavy atom. The highest BCUT2D eigenvalue weighted by molar-refractivity contribution is 6.31. The summed E-state index contributed by atoms with van der Waals surface area (Å²) in [4.78, 5) is 4.02. The van der Waals surface area contributed by atoms with Crippen molar-refractivity contribution in [2.45, 2.75) is 26.4 Å². The van der Waals surface area contributed by atoms with Gasteiger partial charge in [-0.25, -0.2) is 0 Å². The van der Waals surface area contributed by atoms with Crippen LogP contribution in [-0.4, -0.2) is 4.98 Å². The summed E-state index contributed by atoms with van der Waals surface area (Å²) in [6.07, 6.45) is 3.63. The van der Waals surface area contributed by atoms with Crippen molar-refractivity contribution in [3.63, 3.8) is 0 Å². The fourth-order valence-electron chi connectivity index (χ4n) is 1.79. The second-order valence-electron chi connectivity index (χ2n) is 4.47. The van der Waals surface area contributed by atoms with E-state index in [1.165, 1.54) is 11.1 Å². The first-order chi connectivity index (χ1) is 8.66. The van der Waals surface area contributed by atoms with Crippen LogP contribution < -0.4 is 5.32 Å². The van der Waals surface area contributed by atoms with Crippen molar-refractivity contribution in [3.05, 3.63) is 64.4 Å². The molecule has 1 atom stereocenters. The van der Waals surface area contributed by atoms with Crippen LogP contribution in [0, 0.1) is 6.92 Å². The Balaban J connectivity index is 1.97. The van der Waals surface area contributed by atoms with Gasteiger partial charge in [-0.05, 0) is 48.7 Å². The lowest BCUT2D eigenvalue weighted by molar-refractivity contribution is 0.574. The second kappa shape index (κ2) is 5.98.